The lowest BCUT2D eigenvalue weighted by molar-refractivity contribution is 0.229. The van der Waals surface area contributed by atoms with E-state index in [-0.39, 0.29) is 18.7 Å². The number of urea groups is 1. The monoisotopic (exact) mass is 286 g/mol. The van der Waals surface area contributed by atoms with Crippen LogP contribution in [0.2, 0.25) is 0 Å². The molecule has 0 bridgehead atoms. The first-order chi connectivity index (χ1) is 7.52. The summed E-state index contributed by atoms with van der Waals surface area (Å²) in [6.07, 6.45) is 0. The fourth-order valence-corrected chi connectivity index (χ4v) is 1.67. The summed E-state index contributed by atoms with van der Waals surface area (Å²) in [6.45, 7) is 3.57. The van der Waals surface area contributed by atoms with Gasteiger partial charge in [-0.2, -0.15) is 0 Å². The van der Waals surface area contributed by atoms with Gasteiger partial charge < -0.3 is 15.7 Å². The Morgan fingerprint density at radius 3 is 2.81 bits per heavy atom. The number of aliphatic hydroxyl groups excluding tert-OH is 1. The summed E-state index contributed by atoms with van der Waals surface area (Å²) < 4.78 is 0.972. The van der Waals surface area contributed by atoms with Crippen molar-refractivity contribution in [2.75, 3.05) is 11.9 Å². The fraction of sp³-hybridized carbons (Fsp3) is 0.364. The van der Waals surface area contributed by atoms with Crippen LogP contribution in [0.3, 0.4) is 0 Å². The number of aliphatic hydroxyl groups is 1. The van der Waals surface area contributed by atoms with Crippen LogP contribution in [0.25, 0.3) is 0 Å². The van der Waals surface area contributed by atoms with Gasteiger partial charge in [0.25, 0.3) is 0 Å². The Labute approximate surface area is 103 Å². The Balaban J connectivity index is 2.63. The van der Waals surface area contributed by atoms with Gasteiger partial charge in [0.1, 0.15) is 0 Å². The van der Waals surface area contributed by atoms with E-state index in [4.69, 9.17) is 5.11 Å². The first-order valence-electron chi connectivity index (χ1n) is 4.97. The number of halogens is 1. The van der Waals surface area contributed by atoms with Crippen LogP contribution >= 0.6 is 15.9 Å². The van der Waals surface area contributed by atoms with Crippen LogP contribution in [0.1, 0.15) is 12.5 Å². The van der Waals surface area contributed by atoms with Crippen LogP contribution in [-0.2, 0) is 0 Å². The average Bonchev–Trinajstić information content (AvgIpc) is 2.22. The van der Waals surface area contributed by atoms with E-state index in [1.807, 2.05) is 25.1 Å². The highest BCUT2D eigenvalue weighted by Gasteiger charge is 2.07. The number of hydrogen-bond donors (Lipinski definition) is 3. The molecule has 0 heterocycles. The van der Waals surface area contributed by atoms with Gasteiger partial charge in [0.2, 0.25) is 0 Å². The summed E-state index contributed by atoms with van der Waals surface area (Å²) >= 11 is 3.35. The van der Waals surface area contributed by atoms with Crippen molar-refractivity contribution < 1.29 is 9.90 Å². The summed E-state index contributed by atoms with van der Waals surface area (Å²) in [4.78, 5) is 11.5. The standard InChI is InChI=1S/C11H15BrN2O2/c1-7-5-9(12)3-4-10(7)14-11(16)13-8(2)6-15/h3-5,8,15H,6H2,1-2H3,(H2,13,14,16). The summed E-state index contributed by atoms with van der Waals surface area (Å²) in [6, 6.07) is 5.04. The second kappa shape index (κ2) is 5.86. The molecule has 0 saturated carbocycles. The summed E-state index contributed by atoms with van der Waals surface area (Å²) in [5, 5.41) is 14.1. The molecule has 1 rings (SSSR count). The van der Waals surface area contributed by atoms with Gasteiger partial charge in [-0.1, -0.05) is 15.9 Å². The number of hydrogen-bond acceptors (Lipinski definition) is 2. The number of nitrogens with one attached hydrogen (secondary N) is 2. The summed E-state index contributed by atoms with van der Waals surface area (Å²) in [5.74, 6) is 0. The highest BCUT2D eigenvalue weighted by Crippen LogP contribution is 2.19. The van der Waals surface area contributed by atoms with E-state index in [1.54, 1.807) is 6.92 Å². The molecule has 0 spiro atoms. The molecule has 1 atom stereocenters. The molecule has 2 amide bonds. The molecule has 0 aliphatic carbocycles. The Hall–Kier alpha value is -1.07. The molecule has 1 aromatic rings. The third-order valence-corrected chi connectivity index (χ3v) is 2.58. The van der Waals surface area contributed by atoms with E-state index in [9.17, 15) is 4.79 Å². The van der Waals surface area contributed by atoms with Crippen molar-refractivity contribution >= 4 is 27.6 Å². The van der Waals surface area contributed by atoms with Crippen LogP contribution in [0, 0.1) is 6.92 Å². The van der Waals surface area contributed by atoms with Gasteiger partial charge in [-0.15, -0.1) is 0 Å². The third-order valence-electron chi connectivity index (χ3n) is 2.09. The quantitative estimate of drug-likeness (QED) is 0.798. The zero-order valence-corrected chi connectivity index (χ0v) is 10.8. The maximum Gasteiger partial charge on any atom is 0.319 e. The van der Waals surface area contributed by atoms with E-state index >= 15 is 0 Å². The van der Waals surface area contributed by atoms with E-state index in [2.05, 4.69) is 26.6 Å². The molecule has 0 aliphatic heterocycles. The molecule has 3 N–H and O–H groups in total. The molecular weight excluding hydrogens is 272 g/mol. The van der Waals surface area contributed by atoms with Crippen molar-refractivity contribution in [1.29, 1.82) is 0 Å². The highest BCUT2D eigenvalue weighted by molar-refractivity contribution is 9.10. The van der Waals surface area contributed by atoms with Crippen molar-refractivity contribution in [3.63, 3.8) is 0 Å². The Morgan fingerprint density at radius 2 is 2.25 bits per heavy atom. The Bertz CT molecular complexity index is 382. The molecule has 16 heavy (non-hydrogen) atoms. The zero-order chi connectivity index (χ0) is 12.1. The van der Waals surface area contributed by atoms with E-state index in [0.717, 1.165) is 15.7 Å². The number of carbonyl (C=O) groups excluding carboxylic acids is 1. The van der Waals surface area contributed by atoms with Crippen LogP contribution < -0.4 is 10.6 Å². The normalized spacial score (nSPS) is 12.0. The van der Waals surface area contributed by atoms with Crippen LogP contribution in [0.5, 0.6) is 0 Å². The topological polar surface area (TPSA) is 61.4 Å². The molecule has 1 unspecified atom stereocenters. The second-order valence-electron chi connectivity index (χ2n) is 3.64. The minimum Gasteiger partial charge on any atom is -0.394 e. The molecule has 4 nitrogen and oxygen atoms in total. The van der Waals surface area contributed by atoms with Gasteiger partial charge in [0, 0.05) is 10.2 Å². The SMILES string of the molecule is Cc1cc(Br)ccc1NC(=O)NC(C)CO. The number of benzene rings is 1. The molecule has 0 fully saturated rings. The van der Waals surface area contributed by atoms with Crippen LogP contribution in [0.15, 0.2) is 22.7 Å². The first-order valence-corrected chi connectivity index (χ1v) is 5.76. The molecule has 88 valence electrons. The lowest BCUT2D eigenvalue weighted by Crippen LogP contribution is -2.38. The molecule has 1 aromatic carbocycles. The van der Waals surface area contributed by atoms with Crippen molar-refractivity contribution in [3.05, 3.63) is 28.2 Å². The largest absolute Gasteiger partial charge is 0.394 e. The molecule has 0 aromatic heterocycles. The maximum absolute atomic E-state index is 11.5. The molecule has 5 heteroatoms. The van der Waals surface area contributed by atoms with Crippen LogP contribution in [-0.4, -0.2) is 23.8 Å². The third kappa shape index (κ3) is 3.83. The Kier molecular flexibility index (Phi) is 4.76. The molecule has 0 saturated heterocycles. The van der Waals surface area contributed by atoms with Gasteiger partial charge in [0.05, 0.1) is 12.6 Å². The molecule has 0 radical (unpaired) electrons. The average molecular weight is 287 g/mol. The second-order valence-corrected chi connectivity index (χ2v) is 4.56. The number of amides is 2. The predicted octanol–water partition coefficient (Wildman–Crippen LogP) is 2.26. The van der Waals surface area contributed by atoms with Gasteiger partial charge in [-0.3, -0.25) is 0 Å². The predicted molar refractivity (Wildman–Crippen MR) is 67.6 cm³/mol. The molecular formula is C11H15BrN2O2. The number of anilines is 1. The molecule has 0 aliphatic rings. The minimum absolute atomic E-state index is 0.0766. The van der Waals surface area contributed by atoms with E-state index in [1.165, 1.54) is 0 Å². The number of carbonyl (C=O) groups is 1. The Morgan fingerprint density at radius 1 is 1.56 bits per heavy atom. The summed E-state index contributed by atoms with van der Waals surface area (Å²) in [7, 11) is 0. The van der Waals surface area contributed by atoms with Gasteiger partial charge in [-0.05, 0) is 37.6 Å². The van der Waals surface area contributed by atoms with E-state index in [0.29, 0.717) is 0 Å². The first kappa shape index (κ1) is 13.0. The number of rotatable bonds is 3. The smallest absolute Gasteiger partial charge is 0.319 e. The minimum atomic E-state index is -0.313. The summed E-state index contributed by atoms with van der Waals surface area (Å²) in [5.41, 5.74) is 1.73. The number of aryl methyl sites for hydroxylation is 1. The maximum atomic E-state index is 11.5. The zero-order valence-electron chi connectivity index (χ0n) is 9.25. The van der Waals surface area contributed by atoms with Crippen molar-refractivity contribution in [1.82, 2.24) is 5.32 Å². The van der Waals surface area contributed by atoms with Crippen molar-refractivity contribution in [2.45, 2.75) is 19.9 Å². The lowest BCUT2D eigenvalue weighted by Gasteiger charge is -2.13. The van der Waals surface area contributed by atoms with Crippen LogP contribution in [0.4, 0.5) is 10.5 Å². The van der Waals surface area contributed by atoms with Gasteiger partial charge >= 0.3 is 6.03 Å². The lowest BCUT2D eigenvalue weighted by atomic mass is 10.2. The van der Waals surface area contributed by atoms with Crippen molar-refractivity contribution in [2.24, 2.45) is 0 Å². The van der Waals surface area contributed by atoms with Crippen molar-refractivity contribution in [3.8, 4) is 0 Å². The van der Waals surface area contributed by atoms with E-state index < -0.39 is 0 Å². The van der Waals surface area contributed by atoms with Gasteiger partial charge in [-0.25, -0.2) is 4.79 Å². The van der Waals surface area contributed by atoms with Gasteiger partial charge in [0.15, 0.2) is 0 Å². The fourth-order valence-electron chi connectivity index (χ4n) is 1.20. The highest BCUT2D eigenvalue weighted by atomic mass is 79.9.